The van der Waals surface area contributed by atoms with Crippen LogP contribution >= 0.6 is 23.2 Å². The SMILES string of the molecule is Cn1cc(NC(=O)c2nc3ccc(NC(=O)c4ccc(N(CCCl)CCCl)cc4)cc3[nH]2)cc1C(=O)Nc1cc(C(=O)Nc2ccc(C(=O)NCCC(N)=[NH2+])n2C)n(C)c1.[Cl-]. The first-order valence-electron chi connectivity index (χ1n) is 18.6. The van der Waals surface area contributed by atoms with Gasteiger partial charge in [0.05, 0.1) is 28.8 Å². The molecule has 0 fully saturated rings. The topological polar surface area (TPSA) is 244 Å². The highest BCUT2D eigenvalue weighted by Crippen LogP contribution is 2.23. The maximum Gasteiger partial charge on any atom is 0.291 e. The van der Waals surface area contributed by atoms with Gasteiger partial charge in [0, 0.05) is 81.9 Å². The van der Waals surface area contributed by atoms with Crippen LogP contribution in [0.25, 0.3) is 11.0 Å². The Bertz CT molecular complexity index is 2590. The Morgan fingerprint density at radius 3 is 1.92 bits per heavy atom. The minimum Gasteiger partial charge on any atom is -1.00 e. The van der Waals surface area contributed by atoms with Crippen LogP contribution in [0.2, 0.25) is 0 Å². The van der Waals surface area contributed by atoms with Gasteiger partial charge >= 0.3 is 0 Å². The average molecular weight is 893 g/mol. The standard InChI is InChI=1S/C40H43Cl2N13O5.ClH/c1-52-22-26(20-31(52)38(58)47-25-19-32(53(2)21-25)39(59)51-34-11-10-30(54(34)3)37(57)45-15-12-33(43)44)48-40(60)35-49-28-9-6-24(18-29(28)50-35)46-36(56)23-4-7-27(8-5-23)55(16-13-41)17-14-42;/h4-11,18-22H,12-17H2,1-3H3,(H3,43,44)(H,45,57)(H,46,56)(H,47,58)(H,48,60)(H,49,50)(H,51,59);1H. The Morgan fingerprint density at radius 1 is 0.721 bits per heavy atom. The van der Waals surface area contributed by atoms with Crippen LogP contribution < -0.4 is 55.0 Å². The quantitative estimate of drug-likeness (QED) is 0.0354. The summed E-state index contributed by atoms with van der Waals surface area (Å²) in [5, 5.41) is 19.4. The van der Waals surface area contributed by atoms with Crippen LogP contribution in [0.1, 0.15) is 58.9 Å². The van der Waals surface area contributed by atoms with Crippen LogP contribution in [0.4, 0.5) is 28.6 Å². The minimum absolute atomic E-state index is 0. The number of nitrogens with one attached hydrogen (secondary N) is 6. The van der Waals surface area contributed by atoms with Gasteiger partial charge in [0.15, 0.2) is 5.82 Å². The van der Waals surface area contributed by atoms with Crippen LogP contribution in [0.3, 0.4) is 0 Å². The third-order valence-corrected chi connectivity index (χ3v) is 9.78. The Balaban J connectivity index is 0.00000704. The van der Waals surface area contributed by atoms with Crippen molar-refractivity contribution in [3.8, 4) is 0 Å². The van der Waals surface area contributed by atoms with E-state index in [1.807, 2.05) is 17.0 Å². The molecule has 0 atom stereocenters. The first-order chi connectivity index (χ1) is 28.7. The van der Waals surface area contributed by atoms with E-state index in [9.17, 15) is 24.0 Å². The number of alkyl halides is 2. The third kappa shape index (κ3) is 10.9. The number of hydrogen-bond donors (Lipinski definition) is 8. The van der Waals surface area contributed by atoms with Gasteiger partial charge in [0.1, 0.15) is 22.9 Å². The lowest BCUT2D eigenvalue weighted by Gasteiger charge is -2.22. The molecule has 4 aromatic heterocycles. The second-order valence-corrected chi connectivity index (χ2v) is 14.5. The molecule has 0 aliphatic rings. The Morgan fingerprint density at radius 2 is 1.31 bits per heavy atom. The first kappa shape index (κ1) is 45.3. The molecule has 0 saturated carbocycles. The van der Waals surface area contributed by atoms with E-state index in [4.69, 9.17) is 34.3 Å². The van der Waals surface area contributed by atoms with Crippen molar-refractivity contribution in [3.05, 3.63) is 108 Å². The summed E-state index contributed by atoms with van der Waals surface area (Å²) in [6.07, 6.45) is 3.49. The summed E-state index contributed by atoms with van der Waals surface area (Å²) in [7, 11) is 4.95. The van der Waals surface area contributed by atoms with Gasteiger partial charge < -0.3 is 62.6 Å². The number of carbonyl (C=O) groups excluding carboxylic acids is 5. The number of imidazole rings is 1. The Kier molecular flexibility index (Phi) is 14.9. The van der Waals surface area contributed by atoms with Crippen LogP contribution in [0.15, 0.2) is 79.1 Å². The number of rotatable bonds is 17. The predicted octanol–water partition coefficient (Wildman–Crippen LogP) is 0.112. The summed E-state index contributed by atoms with van der Waals surface area (Å²) in [5.41, 5.74) is 9.83. The number of fused-ring (bicyclic) bond motifs is 1. The summed E-state index contributed by atoms with van der Waals surface area (Å²) < 4.78 is 4.64. The molecule has 0 spiro atoms. The van der Waals surface area contributed by atoms with E-state index >= 15 is 0 Å². The molecular formula is C40H44Cl3N13O5. The lowest BCUT2D eigenvalue weighted by atomic mass is 10.1. The molecule has 4 heterocycles. The zero-order valence-corrected chi connectivity index (χ0v) is 35.6. The van der Waals surface area contributed by atoms with Gasteiger partial charge in [-0.25, -0.2) is 4.98 Å². The molecule has 61 heavy (non-hydrogen) atoms. The molecule has 6 aromatic rings. The summed E-state index contributed by atoms with van der Waals surface area (Å²) in [6, 6.07) is 18.4. The molecule has 21 heteroatoms. The lowest BCUT2D eigenvalue weighted by Crippen LogP contribution is -3.00. The number of anilines is 5. The molecule has 0 bridgehead atoms. The van der Waals surface area contributed by atoms with Crippen molar-refractivity contribution < 1.29 is 41.8 Å². The van der Waals surface area contributed by atoms with Crippen molar-refractivity contribution in [1.82, 2.24) is 29.0 Å². The van der Waals surface area contributed by atoms with E-state index in [0.29, 0.717) is 76.4 Å². The van der Waals surface area contributed by atoms with Crippen molar-refractivity contribution >= 4 is 98.2 Å². The molecule has 2 aromatic carbocycles. The molecule has 0 radical (unpaired) electrons. The van der Waals surface area contributed by atoms with E-state index in [-0.39, 0.29) is 53.8 Å². The Hall–Kier alpha value is -6.76. The zero-order chi connectivity index (χ0) is 43.1. The van der Waals surface area contributed by atoms with E-state index in [0.717, 1.165) is 5.69 Å². The van der Waals surface area contributed by atoms with Gasteiger partial charge in [0.25, 0.3) is 29.5 Å². The van der Waals surface area contributed by atoms with Crippen molar-refractivity contribution in [1.29, 1.82) is 0 Å². The molecular weight excluding hydrogens is 849 g/mol. The van der Waals surface area contributed by atoms with Crippen molar-refractivity contribution in [3.63, 3.8) is 0 Å². The van der Waals surface area contributed by atoms with Crippen molar-refractivity contribution in [2.75, 3.05) is 57.6 Å². The highest BCUT2D eigenvalue weighted by molar-refractivity contribution is 6.18. The lowest BCUT2D eigenvalue weighted by molar-refractivity contribution is -0.117. The summed E-state index contributed by atoms with van der Waals surface area (Å²) in [6.45, 7) is 1.53. The van der Waals surface area contributed by atoms with Crippen molar-refractivity contribution in [2.45, 2.75) is 6.42 Å². The number of amides is 5. The van der Waals surface area contributed by atoms with E-state index in [2.05, 4.69) is 36.6 Å². The summed E-state index contributed by atoms with van der Waals surface area (Å²) in [4.78, 5) is 74.8. The molecule has 6 rings (SSSR count). The van der Waals surface area contributed by atoms with Crippen LogP contribution in [0, 0.1) is 0 Å². The number of carbonyl (C=O) groups is 5. The Labute approximate surface area is 366 Å². The maximum absolute atomic E-state index is 13.3. The molecule has 10 N–H and O–H groups in total. The smallest absolute Gasteiger partial charge is 0.291 e. The fourth-order valence-corrected chi connectivity index (χ4v) is 6.76. The van der Waals surface area contributed by atoms with Gasteiger partial charge in [-0.05, 0) is 66.7 Å². The molecule has 320 valence electrons. The maximum atomic E-state index is 13.3. The van der Waals surface area contributed by atoms with E-state index < -0.39 is 17.7 Å². The normalized spacial score (nSPS) is 10.8. The second-order valence-electron chi connectivity index (χ2n) is 13.7. The first-order valence-corrected chi connectivity index (χ1v) is 19.7. The zero-order valence-electron chi connectivity index (χ0n) is 33.3. The molecule has 0 aliphatic heterocycles. The van der Waals surface area contributed by atoms with Gasteiger partial charge in [-0.3, -0.25) is 35.1 Å². The summed E-state index contributed by atoms with van der Waals surface area (Å²) in [5.74, 6) is -0.666. The van der Waals surface area contributed by atoms with Gasteiger partial charge in [0.2, 0.25) is 5.84 Å². The number of H-pyrrole nitrogens is 1. The highest BCUT2D eigenvalue weighted by Gasteiger charge is 2.21. The highest BCUT2D eigenvalue weighted by atomic mass is 35.5. The number of amidine groups is 1. The van der Waals surface area contributed by atoms with Gasteiger partial charge in [-0.1, -0.05) is 0 Å². The number of aromatic amines is 1. The number of aromatic nitrogens is 5. The van der Waals surface area contributed by atoms with Crippen LogP contribution in [0.5, 0.6) is 0 Å². The second kappa shape index (κ2) is 20.0. The number of nitrogens with two attached hydrogens (primary N) is 2. The number of hydrogen-bond acceptors (Lipinski definition) is 7. The molecule has 18 nitrogen and oxygen atoms in total. The number of benzene rings is 2. The molecule has 0 saturated heterocycles. The van der Waals surface area contributed by atoms with Crippen LogP contribution in [-0.4, -0.2) is 90.4 Å². The number of nitrogens with zero attached hydrogens (tertiary/aromatic N) is 5. The molecule has 0 aliphatic carbocycles. The molecule has 5 amide bonds. The summed E-state index contributed by atoms with van der Waals surface area (Å²) >= 11 is 11.8. The van der Waals surface area contributed by atoms with E-state index in [1.165, 1.54) is 16.7 Å². The number of halogens is 3. The van der Waals surface area contributed by atoms with Crippen molar-refractivity contribution in [2.24, 2.45) is 26.9 Å². The minimum atomic E-state index is -0.549. The van der Waals surface area contributed by atoms with Gasteiger partial charge in [-0.2, -0.15) is 0 Å². The van der Waals surface area contributed by atoms with Gasteiger partial charge in [-0.15, -0.1) is 23.2 Å². The average Bonchev–Trinajstić information content (AvgIpc) is 3.99. The monoisotopic (exact) mass is 891 g/mol. The molecule has 0 unspecified atom stereocenters. The third-order valence-electron chi connectivity index (χ3n) is 9.44. The number of aryl methyl sites for hydroxylation is 2. The fraction of sp³-hybridized carbons (Fsp3) is 0.225. The fourth-order valence-electron chi connectivity index (χ4n) is 6.35. The largest absolute Gasteiger partial charge is 1.00 e. The van der Waals surface area contributed by atoms with E-state index in [1.54, 1.807) is 85.1 Å². The van der Waals surface area contributed by atoms with Crippen LogP contribution in [-0.2, 0) is 21.1 Å². The predicted molar refractivity (Wildman–Crippen MR) is 232 cm³/mol.